The number of ether oxygens (including phenoxy) is 1. The number of hydrogen-bond acceptors (Lipinski definition) is 3. The summed E-state index contributed by atoms with van der Waals surface area (Å²) in [5.41, 5.74) is 0. The molecule has 0 fully saturated rings. The second kappa shape index (κ2) is 12.6. The van der Waals surface area contributed by atoms with Crippen LogP contribution in [0, 0.1) is 5.92 Å². The predicted octanol–water partition coefficient (Wildman–Crippen LogP) is 3.80. The van der Waals surface area contributed by atoms with Crippen molar-refractivity contribution in [3.63, 3.8) is 0 Å². The summed E-state index contributed by atoms with van der Waals surface area (Å²) >= 11 is 0. The van der Waals surface area contributed by atoms with Gasteiger partial charge in [0.2, 0.25) is 11.8 Å². The monoisotopic (exact) mass is 364 g/mol. The normalized spacial score (nSPS) is 18.1. The summed E-state index contributed by atoms with van der Waals surface area (Å²) in [4.78, 5) is 26.9. The summed E-state index contributed by atoms with van der Waals surface area (Å²) < 4.78 is 5.43. The number of likely N-dealkylation sites (N-methyl/N-ethyl adjacent to an activating group) is 1. The van der Waals surface area contributed by atoms with Crippen LogP contribution < -0.4 is 5.32 Å². The van der Waals surface area contributed by atoms with Crippen LogP contribution in [0.5, 0.6) is 0 Å². The topological polar surface area (TPSA) is 58.6 Å². The van der Waals surface area contributed by atoms with E-state index in [9.17, 15) is 9.59 Å². The van der Waals surface area contributed by atoms with Gasteiger partial charge < -0.3 is 15.0 Å². The van der Waals surface area contributed by atoms with Gasteiger partial charge in [-0.25, -0.2) is 0 Å². The molecule has 1 unspecified atom stereocenters. The molecule has 5 heteroatoms. The van der Waals surface area contributed by atoms with Gasteiger partial charge in [0.25, 0.3) is 0 Å². The molecule has 0 spiro atoms. The molecular formula is C21H36N2O3. The molecule has 0 aromatic rings. The zero-order valence-electron chi connectivity index (χ0n) is 16.9. The number of carbonyl (C=O) groups is 2. The summed E-state index contributed by atoms with van der Waals surface area (Å²) in [5, 5.41) is 2.94. The molecule has 0 saturated heterocycles. The quantitative estimate of drug-likeness (QED) is 0.536. The Kier molecular flexibility index (Phi) is 10.7. The molecule has 3 atom stereocenters. The Labute approximate surface area is 158 Å². The van der Waals surface area contributed by atoms with E-state index in [2.05, 4.69) is 12.2 Å². The van der Waals surface area contributed by atoms with Crippen molar-refractivity contribution in [2.75, 3.05) is 13.6 Å². The van der Waals surface area contributed by atoms with Gasteiger partial charge in [0.15, 0.2) is 0 Å². The van der Waals surface area contributed by atoms with Crippen molar-refractivity contribution in [2.24, 2.45) is 5.92 Å². The first-order chi connectivity index (χ1) is 12.5. The molecule has 5 nitrogen and oxygen atoms in total. The Hall–Kier alpha value is -1.78. The first-order valence-corrected chi connectivity index (χ1v) is 10.0. The molecular weight excluding hydrogens is 328 g/mol. The second-order valence-corrected chi connectivity index (χ2v) is 7.13. The van der Waals surface area contributed by atoms with Crippen molar-refractivity contribution in [3.8, 4) is 0 Å². The van der Waals surface area contributed by atoms with Crippen LogP contribution >= 0.6 is 0 Å². The van der Waals surface area contributed by atoms with E-state index in [1.54, 1.807) is 18.2 Å². The summed E-state index contributed by atoms with van der Waals surface area (Å²) in [7, 11) is 1.75. The minimum Gasteiger partial charge on any atom is -0.492 e. The molecule has 0 aliphatic carbocycles. The molecule has 148 valence electrons. The Morgan fingerprint density at radius 1 is 1.15 bits per heavy atom. The van der Waals surface area contributed by atoms with E-state index in [0.717, 1.165) is 19.3 Å². The number of nitrogens with one attached hydrogen (secondary N) is 1. The Morgan fingerprint density at radius 2 is 1.88 bits per heavy atom. The van der Waals surface area contributed by atoms with Crippen LogP contribution in [0.15, 0.2) is 24.5 Å². The highest BCUT2D eigenvalue weighted by Gasteiger charge is 2.31. The number of amides is 2. The molecule has 26 heavy (non-hydrogen) atoms. The van der Waals surface area contributed by atoms with E-state index < -0.39 is 6.04 Å². The summed E-state index contributed by atoms with van der Waals surface area (Å²) in [6.45, 7) is 6.66. The minimum absolute atomic E-state index is 0.0543. The van der Waals surface area contributed by atoms with Gasteiger partial charge >= 0.3 is 0 Å². The number of unbranched alkanes of at least 4 members (excludes halogenated alkanes) is 4. The third-order valence-electron chi connectivity index (χ3n) is 5.00. The number of carbonyl (C=O) groups excluding carboxylic acids is 2. The van der Waals surface area contributed by atoms with Gasteiger partial charge in [-0.2, -0.15) is 0 Å². The molecule has 1 heterocycles. The van der Waals surface area contributed by atoms with Gasteiger partial charge in [-0.15, -0.1) is 0 Å². The fourth-order valence-electron chi connectivity index (χ4n) is 3.10. The van der Waals surface area contributed by atoms with Gasteiger partial charge in [-0.05, 0) is 24.5 Å². The van der Waals surface area contributed by atoms with E-state index >= 15 is 0 Å². The second-order valence-electron chi connectivity index (χ2n) is 7.13. The fraction of sp³-hybridized carbons (Fsp3) is 0.714. The van der Waals surface area contributed by atoms with Crippen LogP contribution in [-0.4, -0.2) is 42.5 Å². The fourth-order valence-corrected chi connectivity index (χ4v) is 3.10. The Bertz CT molecular complexity index is 488. The third-order valence-corrected chi connectivity index (χ3v) is 5.00. The maximum Gasteiger partial charge on any atom is 0.243 e. The van der Waals surface area contributed by atoms with Crippen molar-refractivity contribution >= 4 is 11.8 Å². The lowest BCUT2D eigenvalue weighted by Gasteiger charge is -2.32. The molecule has 2 amide bonds. The van der Waals surface area contributed by atoms with Crippen LogP contribution in [0.1, 0.15) is 65.7 Å². The molecule has 0 aromatic heterocycles. The van der Waals surface area contributed by atoms with E-state index in [1.807, 2.05) is 32.1 Å². The molecule has 1 aliphatic heterocycles. The highest BCUT2D eigenvalue weighted by Crippen LogP contribution is 2.16. The molecule has 0 saturated carbocycles. The zero-order chi connectivity index (χ0) is 19.4. The van der Waals surface area contributed by atoms with Gasteiger partial charge in [-0.3, -0.25) is 9.59 Å². The number of rotatable bonds is 12. The van der Waals surface area contributed by atoms with Crippen LogP contribution in [-0.2, 0) is 14.3 Å². The first-order valence-electron chi connectivity index (χ1n) is 10.0. The zero-order valence-corrected chi connectivity index (χ0v) is 16.9. The van der Waals surface area contributed by atoms with E-state index in [4.69, 9.17) is 4.74 Å². The average Bonchev–Trinajstić information content (AvgIpc) is 2.66. The standard InChI is InChI=1S/C21H36N2O3/c1-5-7-8-9-10-14-19(24)23(4)20(17(3)6-2)21(25)22-16-18-13-11-12-15-26-18/h11-13,15,17-18,20H,5-10,14,16H2,1-4H3,(H,22,25)/t17-,18?,20-/m0/s1. The highest BCUT2D eigenvalue weighted by atomic mass is 16.5. The lowest BCUT2D eigenvalue weighted by atomic mass is 9.96. The molecule has 1 rings (SSSR count). The highest BCUT2D eigenvalue weighted by molar-refractivity contribution is 5.87. The number of allylic oxidation sites excluding steroid dienone is 2. The lowest BCUT2D eigenvalue weighted by molar-refractivity contribution is -0.141. The smallest absolute Gasteiger partial charge is 0.243 e. The van der Waals surface area contributed by atoms with E-state index in [1.165, 1.54) is 19.3 Å². The summed E-state index contributed by atoms with van der Waals surface area (Å²) in [6.07, 6.45) is 14.0. The van der Waals surface area contributed by atoms with Crippen LogP contribution in [0.25, 0.3) is 0 Å². The van der Waals surface area contributed by atoms with E-state index in [-0.39, 0.29) is 23.8 Å². The number of nitrogens with zero attached hydrogens (tertiary/aromatic N) is 1. The molecule has 1 aliphatic rings. The molecule has 0 bridgehead atoms. The maximum absolute atomic E-state index is 12.7. The van der Waals surface area contributed by atoms with Crippen molar-refractivity contribution in [1.82, 2.24) is 10.2 Å². The number of hydrogen-bond donors (Lipinski definition) is 1. The van der Waals surface area contributed by atoms with Crippen LogP contribution in [0.3, 0.4) is 0 Å². The van der Waals surface area contributed by atoms with Gasteiger partial charge in [0.05, 0.1) is 12.8 Å². The summed E-state index contributed by atoms with van der Waals surface area (Å²) in [5.74, 6) is 0.0539. The molecule has 1 N–H and O–H groups in total. The van der Waals surface area contributed by atoms with E-state index in [0.29, 0.717) is 13.0 Å². The van der Waals surface area contributed by atoms with Crippen molar-refractivity contribution < 1.29 is 14.3 Å². The predicted molar refractivity (Wildman–Crippen MR) is 106 cm³/mol. The average molecular weight is 365 g/mol. The third kappa shape index (κ3) is 7.63. The SMILES string of the molecule is CCCCCCCC(=O)N(C)[C@H](C(=O)NCC1C=CC=CO1)[C@@H](C)CC. The van der Waals surface area contributed by atoms with Crippen LogP contribution in [0.4, 0.5) is 0 Å². The maximum atomic E-state index is 12.7. The largest absolute Gasteiger partial charge is 0.492 e. The van der Waals surface area contributed by atoms with Crippen LogP contribution in [0.2, 0.25) is 0 Å². The Morgan fingerprint density at radius 3 is 2.50 bits per heavy atom. The van der Waals surface area contributed by atoms with Gasteiger partial charge in [0, 0.05) is 13.5 Å². The molecule has 0 aromatic carbocycles. The minimum atomic E-state index is -0.439. The first kappa shape index (κ1) is 22.3. The summed E-state index contributed by atoms with van der Waals surface area (Å²) in [6, 6.07) is -0.439. The molecule has 0 radical (unpaired) electrons. The Balaban J connectivity index is 2.54. The van der Waals surface area contributed by atoms with Crippen molar-refractivity contribution in [2.45, 2.75) is 77.9 Å². The van der Waals surface area contributed by atoms with Gasteiger partial charge in [0.1, 0.15) is 12.1 Å². The van der Waals surface area contributed by atoms with Crippen molar-refractivity contribution in [1.29, 1.82) is 0 Å². The van der Waals surface area contributed by atoms with Gasteiger partial charge in [-0.1, -0.05) is 59.0 Å². The van der Waals surface area contributed by atoms with Crippen molar-refractivity contribution in [3.05, 3.63) is 24.5 Å². The lowest BCUT2D eigenvalue weighted by Crippen LogP contribution is -2.52.